The summed E-state index contributed by atoms with van der Waals surface area (Å²) in [4.78, 5) is 12.6. The van der Waals surface area contributed by atoms with Crippen molar-refractivity contribution in [2.24, 2.45) is 7.05 Å². The van der Waals surface area contributed by atoms with Gasteiger partial charge in [0, 0.05) is 18.4 Å². The molecule has 2 aromatic rings. The Hall–Kier alpha value is -1.07. The summed E-state index contributed by atoms with van der Waals surface area (Å²) in [5.41, 5.74) is 1.43. The molecule has 0 amide bonds. The molecule has 0 saturated carbocycles. The van der Waals surface area contributed by atoms with E-state index in [1.54, 1.807) is 24.5 Å². The Morgan fingerprint density at radius 2 is 2.40 bits per heavy atom. The Kier molecular flexibility index (Phi) is 2.93. The summed E-state index contributed by atoms with van der Waals surface area (Å²) in [6.45, 7) is 0. The maximum absolute atomic E-state index is 11.6. The topological polar surface area (TPSA) is 34.9 Å². The molecule has 2 rings (SSSR count). The van der Waals surface area contributed by atoms with Gasteiger partial charge >= 0.3 is 0 Å². The quantitative estimate of drug-likeness (QED) is 0.811. The smallest absolute Gasteiger partial charge is 0.267 e. The summed E-state index contributed by atoms with van der Waals surface area (Å²) < 4.78 is 1.36. The molecule has 0 spiro atoms. The van der Waals surface area contributed by atoms with E-state index in [-0.39, 0.29) is 5.56 Å². The fraction of sp³-hybridized carbons (Fsp3) is 0.200. The summed E-state index contributed by atoms with van der Waals surface area (Å²) >= 11 is 5.74. The minimum absolute atomic E-state index is 0.0784. The van der Waals surface area contributed by atoms with Crippen molar-refractivity contribution in [1.29, 1.82) is 0 Å². The van der Waals surface area contributed by atoms with Gasteiger partial charge in [-0.05, 0) is 17.5 Å². The van der Waals surface area contributed by atoms with E-state index >= 15 is 0 Å². The van der Waals surface area contributed by atoms with E-state index in [4.69, 9.17) is 0 Å². The van der Waals surface area contributed by atoms with E-state index in [1.165, 1.54) is 4.68 Å². The van der Waals surface area contributed by atoms with Crippen molar-refractivity contribution in [2.45, 2.75) is 5.75 Å². The second-order valence-corrected chi connectivity index (χ2v) is 4.38. The molecule has 0 aliphatic carbocycles. The van der Waals surface area contributed by atoms with Crippen LogP contribution in [-0.4, -0.2) is 9.78 Å². The SMILES string of the molecule is Cn1nc(-c2cccs2)cc(CS)c1=O. The Morgan fingerprint density at radius 1 is 1.60 bits per heavy atom. The van der Waals surface area contributed by atoms with E-state index in [2.05, 4.69) is 17.7 Å². The molecule has 0 unspecified atom stereocenters. The number of aryl methyl sites for hydroxylation is 1. The predicted molar refractivity (Wildman–Crippen MR) is 65.5 cm³/mol. The van der Waals surface area contributed by atoms with Gasteiger partial charge in [0.1, 0.15) is 5.69 Å². The Balaban J connectivity index is 2.60. The van der Waals surface area contributed by atoms with Crippen LogP contribution in [0.25, 0.3) is 10.6 Å². The summed E-state index contributed by atoms with van der Waals surface area (Å²) in [6.07, 6.45) is 0. The van der Waals surface area contributed by atoms with E-state index < -0.39 is 0 Å². The normalized spacial score (nSPS) is 10.5. The molecular weight excluding hydrogens is 228 g/mol. The largest absolute Gasteiger partial charge is 0.270 e. The second-order valence-electron chi connectivity index (χ2n) is 3.12. The molecule has 15 heavy (non-hydrogen) atoms. The Bertz CT molecular complexity index is 517. The Morgan fingerprint density at radius 3 is 3.00 bits per heavy atom. The Labute approximate surface area is 96.8 Å². The molecule has 0 aromatic carbocycles. The lowest BCUT2D eigenvalue weighted by molar-refractivity contribution is 0.705. The van der Waals surface area contributed by atoms with Gasteiger partial charge in [0.05, 0.1) is 4.88 Å². The summed E-state index contributed by atoms with van der Waals surface area (Å²) in [7, 11) is 1.66. The first-order valence-corrected chi connectivity index (χ1v) is 5.95. The molecule has 0 aliphatic rings. The van der Waals surface area contributed by atoms with Gasteiger partial charge < -0.3 is 0 Å². The van der Waals surface area contributed by atoms with Crippen molar-refractivity contribution < 1.29 is 0 Å². The van der Waals surface area contributed by atoms with Crippen LogP contribution in [0.4, 0.5) is 0 Å². The molecule has 0 N–H and O–H groups in total. The first-order chi connectivity index (χ1) is 7.22. The lowest BCUT2D eigenvalue weighted by atomic mass is 10.2. The standard InChI is InChI=1S/C10H10N2OS2/c1-12-10(13)7(6-14)5-8(11-12)9-3-2-4-15-9/h2-5,14H,6H2,1H3. The fourth-order valence-corrected chi connectivity index (χ4v) is 2.24. The maximum atomic E-state index is 11.6. The monoisotopic (exact) mass is 238 g/mol. The molecule has 0 bridgehead atoms. The van der Waals surface area contributed by atoms with Gasteiger partial charge in [-0.2, -0.15) is 17.7 Å². The first-order valence-electron chi connectivity index (χ1n) is 4.44. The van der Waals surface area contributed by atoms with E-state index in [0.717, 1.165) is 10.6 Å². The van der Waals surface area contributed by atoms with Crippen LogP contribution in [0.5, 0.6) is 0 Å². The van der Waals surface area contributed by atoms with Gasteiger partial charge in [0.25, 0.3) is 5.56 Å². The fourth-order valence-electron chi connectivity index (χ4n) is 1.33. The van der Waals surface area contributed by atoms with Crippen molar-refractivity contribution in [3.8, 4) is 10.6 Å². The van der Waals surface area contributed by atoms with Gasteiger partial charge in [0.2, 0.25) is 0 Å². The van der Waals surface area contributed by atoms with Crippen LogP contribution in [0.2, 0.25) is 0 Å². The van der Waals surface area contributed by atoms with Gasteiger partial charge in [-0.1, -0.05) is 6.07 Å². The molecule has 0 atom stereocenters. The molecule has 2 heterocycles. The van der Waals surface area contributed by atoms with Crippen LogP contribution >= 0.6 is 24.0 Å². The molecule has 5 heteroatoms. The average Bonchev–Trinajstić information content (AvgIpc) is 2.75. The van der Waals surface area contributed by atoms with Crippen LogP contribution in [0.3, 0.4) is 0 Å². The number of aromatic nitrogens is 2. The number of nitrogens with zero attached hydrogens (tertiary/aromatic N) is 2. The van der Waals surface area contributed by atoms with Crippen molar-refractivity contribution in [3.63, 3.8) is 0 Å². The number of hydrogen-bond donors (Lipinski definition) is 1. The van der Waals surface area contributed by atoms with Crippen molar-refractivity contribution in [1.82, 2.24) is 9.78 Å². The molecule has 0 radical (unpaired) electrons. The van der Waals surface area contributed by atoms with Gasteiger partial charge in [-0.25, -0.2) is 4.68 Å². The van der Waals surface area contributed by atoms with Gasteiger partial charge in [0.15, 0.2) is 0 Å². The minimum atomic E-state index is -0.0784. The lowest BCUT2D eigenvalue weighted by Crippen LogP contribution is -2.23. The van der Waals surface area contributed by atoms with Crippen LogP contribution < -0.4 is 5.56 Å². The van der Waals surface area contributed by atoms with Crippen LogP contribution in [0.1, 0.15) is 5.56 Å². The molecule has 2 aromatic heterocycles. The third kappa shape index (κ3) is 1.98. The van der Waals surface area contributed by atoms with Gasteiger partial charge in [-0.3, -0.25) is 4.79 Å². The predicted octanol–water partition coefficient (Wildman–Crippen LogP) is 1.94. The highest BCUT2D eigenvalue weighted by molar-refractivity contribution is 7.79. The van der Waals surface area contributed by atoms with Crippen LogP contribution in [0, 0.1) is 0 Å². The molecular formula is C10H10N2OS2. The minimum Gasteiger partial charge on any atom is -0.267 e. The van der Waals surface area contributed by atoms with Crippen molar-refractivity contribution in [2.75, 3.05) is 0 Å². The molecule has 3 nitrogen and oxygen atoms in total. The summed E-state index contributed by atoms with van der Waals surface area (Å²) in [6, 6.07) is 5.76. The molecule has 0 saturated heterocycles. The second kappa shape index (κ2) is 4.20. The zero-order valence-corrected chi connectivity index (χ0v) is 9.89. The number of hydrogen-bond acceptors (Lipinski definition) is 4. The lowest BCUT2D eigenvalue weighted by Gasteiger charge is -2.03. The summed E-state index contributed by atoms with van der Waals surface area (Å²) in [5.74, 6) is 0.438. The molecule has 78 valence electrons. The number of thiol groups is 1. The third-order valence-corrected chi connectivity index (χ3v) is 3.31. The van der Waals surface area contributed by atoms with Crippen LogP contribution in [-0.2, 0) is 12.8 Å². The molecule has 0 fully saturated rings. The zero-order chi connectivity index (χ0) is 10.8. The first kappa shape index (κ1) is 10.4. The van der Waals surface area contributed by atoms with Crippen molar-refractivity contribution >= 4 is 24.0 Å². The highest BCUT2D eigenvalue weighted by Gasteiger charge is 2.06. The number of rotatable bonds is 2. The van der Waals surface area contributed by atoms with Gasteiger partial charge in [-0.15, -0.1) is 11.3 Å². The van der Waals surface area contributed by atoms with E-state index in [9.17, 15) is 4.79 Å². The summed E-state index contributed by atoms with van der Waals surface area (Å²) in [5, 5.41) is 6.19. The van der Waals surface area contributed by atoms with E-state index in [0.29, 0.717) is 11.3 Å². The zero-order valence-electron chi connectivity index (χ0n) is 8.17. The highest BCUT2D eigenvalue weighted by Crippen LogP contribution is 2.22. The maximum Gasteiger partial charge on any atom is 0.270 e. The highest BCUT2D eigenvalue weighted by atomic mass is 32.1. The molecule has 0 aliphatic heterocycles. The van der Waals surface area contributed by atoms with Crippen molar-refractivity contribution in [3.05, 3.63) is 39.5 Å². The number of thiophene rings is 1. The van der Waals surface area contributed by atoms with E-state index in [1.807, 2.05) is 17.5 Å². The average molecular weight is 238 g/mol. The third-order valence-electron chi connectivity index (χ3n) is 2.08. The van der Waals surface area contributed by atoms with Crippen LogP contribution in [0.15, 0.2) is 28.4 Å².